The highest BCUT2D eigenvalue weighted by atomic mass is 16.3. The van der Waals surface area contributed by atoms with E-state index in [9.17, 15) is 10.2 Å². The molecule has 2 nitrogen and oxygen atoms in total. The fraction of sp³-hybridized carbons (Fsp3) is 1.00. The summed E-state index contributed by atoms with van der Waals surface area (Å²) in [5.74, 6) is 4.79. The molecule has 9 atom stereocenters. The zero-order valence-corrected chi connectivity index (χ0v) is 20.6. The van der Waals surface area contributed by atoms with Crippen molar-refractivity contribution >= 4 is 0 Å². The molecule has 0 aromatic carbocycles. The molecule has 0 saturated heterocycles. The van der Waals surface area contributed by atoms with Crippen molar-refractivity contribution in [2.75, 3.05) is 0 Å². The van der Waals surface area contributed by atoms with Crippen molar-refractivity contribution in [3.63, 3.8) is 0 Å². The van der Waals surface area contributed by atoms with Crippen LogP contribution in [0.3, 0.4) is 0 Å². The van der Waals surface area contributed by atoms with Crippen molar-refractivity contribution in [1.29, 1.82) is 0 Å². The highest BCUT2D eigenvalue weighted by Crippen LogP contribution is 2.68. The molecule has 0 spiro atoms. The van der Waals surface area contributed by atoms with Crippen LogP contribution in [-0.2, 0) is 0 Å². The van der Waals surface area contributed by atoms with E-state index < -0.39 is 0 Å². The van der Waals surface area contributed by atoms with Gasteiger partial charge in [-0.2, -0.15) is 0 Å². The van der Waals surface area contributed by atoms with E-state index in [1.165, 1.54) is 57.8 Å². The standard InChI is InChI=1S/C28H50O2/c1-6-28(30)17-16-27(5)21(18-28)10-12-22-23-13-11-20(8-7-9-25(29)19(2)3)26(23,4)15-14-24(22)27/h19-25,29-30H,6-18H2,1-5H3/t20-,21-,22-,23-,24-,25+,26+,27-,28-/m0/s1. The number of hydrogen-bond acceptors (Lipinski definition) is 2. The summed E-state index contributed by atoms with van der Waals surface area (Å²) in [6.07, 6.45) is 16.2. The third-order valence-corrected chi connectivity index (χ3v) is 11.5. The Balaban J connectivity index is 1.42. The molecular formula is C28H50O2. The molecule has 0 bridgehead atoms. The highest BCUT2D eigenvalue weighted by Gasteiger charge is 2.60. The molecule has 4 saturated carbocycles. The first-order chi connectivity index (χ1) is 14.1. The minimum atomic E-state index is -0.376. The summed E-state index contributed by atoms with van der Waals surface area (Å²) in [4.78, 5) is 0. The van der Waals surface area contributed by atoms with Crippen LogP contribution < -0.4 is 0 Å². The largest absolute Gasteiger partial charge is 0.393 e. The number of rotatable bonds is 6. The molecule has 0 aromatic rings. The van der Waals surface area contributed by atoms with Gasteiger partial charge in [0.1, 0.15) is 0 Å². The van der Waals surface area contributed by atoms with Crippen molar-refractivity contribution in [2.45, 2.75) is 130 Å². The summed E-state index contributed by atoms with van der Waals surface area (Å²) in [6, 6.07) is 0. The number of aliphatic hydroxyl groups is 2. The van der Waals surface area contributed by atoms with E-state index in [-0.39, 0.29) is 11.7 Å². The van der Waals surface area contributed by atoms with E-state index in [0.29, 0.717) is 16.7 Å². The summed E-state index contributed by atoms with van der Waals surface area (Å²) >= 11 is 0. The summed E-state index contributed by atoms with van der Waals surface area (Å²) in [5, 5.41) is 21.2. The Hall–Kier alpha value is -0.0800. The first-order valence-electron chi connectivity index (χ1n) is 13.5. The zero-order chi connectivity index (χ0) is 21.7. The Kier molecular flexibility index (Phi) is 6.44. The van der Waals surface area contributed by atoms with Gasteiger partial charge in [0.2, 0.25) is 0 Å². The van der Waals surface area contributed by atoms with E-state index in [1.807, 2.05) is 0 Å². The lowest BCUT2D eigenvalue weighted by molar-refractivity contribution is -0.151. The second-order valence-corrected chi connectivity index (χ2v) is 13.0. The van der Waals surface area contributed by atoms with Gasteiger partial charge < -0.3 is 10.2 Å². The SMILES string of the molecule is CC[C@]1(O)CC[C@@]2(C)[C@@H](CC[C@@H]3[C@@H]2CC[C@]2(C)[C@@H](CCC[C@@H](O)C(C)C)CC[C@@H]32)C1. The van der Waals surface area contributed by atoms with Crippen molar-refractivity contribution < 1.29 is 10.2 Å². The lowest BCUT2D eigenvalue weighted by atomic mass is 9.43. The highest BCUT2D eigenvalue weighted by molar-refractivity contribution is 5.10. The van der Waals surface area contributed by atoms with Gasteiger partial charge in [-0.15, -0.1) is 0 Å². The Bertz CT molecular complexity index is 601. The van der Waals surface area contributed by atoms with Crippen LogP contribution in [0.2, 0.25) is 0 Å². The number of aliphatic hydroxyl groups excluding tert-OH is 1. The predicted octanol–water partition coefficient (Wildman–Crippen LogP) is 6.97. The summed E-state index contributed by atoms with van der Waals surface area (Å²) < 4.78 is 0. The summed E-state index contributed by atoms with van der Waals surface area (Å²) in [5.41, 5.74) is 0.649. The van der Waals surface area contributed by atoms with E-state index in [2.05, 4.69) is 34.6 Å². The fourth-order valence-corrected chi connectivity index (χ4v) is 9.13. The maximum atomic E-state index is 11.0. The Morgan fingerprint density at radius 2 is 1.63 bits per heavy atom. The van der Waals surface area contributed by atoms with Gasteiger partial charge in [0.15, 0.2) is 0 Å². The van der Waals surface area contributed by atoms with Crippen LogP contribution in [0, 0.1) is 46.3 Å². The van der Waals surface area contributed by atoms with E-state index in [1.54, 1.807) is 0 Å². The van der Waals surface area contributed by atoms with Crippen LogP contribution in [-0.4, -0.2) is 21.9 Å². The van der Waals surface area contributed by atoms with Crippen molar-refractivity contribution in [3.8, 4) is 0 Å². The van der Waals surface area contributed by atoms with Crippen molar-refractivity contribution in [1.82, 2.24) is 0 Å². The molecule has 0 amide bonds. The van der Waals surface area contributed by atoms with Gasteiger partial charge in [-0.25, -0.2) is 0 Å². The normalized spacial score (nSPS) is 49.4. The maximum absolute atomic E-state index is 11.0. The molecule has 4 aliphatic carbocycles. The molecule has 0 unspecified atom stereocenters. The maximum Gasteiger partial charge on any atom is 0.0648 e. The molecule has 0 aliphatic heterocycles. The average Bonchev–Trinajstić information content (AvgIpc) is 3.05. The van der Waals surface area contributed by atoms with Crippen LogP contribution >= 0.6 is 0 Å². The first kappa shape index (κ1) is 23.1. The zero-order valence-electron chi connectivity index (χ0n) is 20.6. The Morgan fingerprint density at radius 3 is 2.33 bits per heavy atom. The van der Waals surface area contributed by atoms with Gasteiger partial charge in [-0.3, -0.25) is 0 Å². The van der Waals surface area contributed by atoms with Crippen molar-refractivity contribution in [3.05, 3.63) is 0 Å². The molecule has 174 valence electrons. The first-order valence-corrected chi connectivity index (χ1v) is 13.5. The lowest BCUT2D eigenvalue weighted by Gasteiger charge is -2.62. The molecule has 4 rings (SSSR count). The molecule has 0 heterocycles. The van der Waals surface area contributed by atoms with Gasteiger partial charge in [0.25, 0.3) is 0 Å². The quantitative estimate of drug-likeness (QED) is 0.489. The van der Waals surface area contributed by atoms with Crippen LogP contribution in [0.15, 0.2) is 0 Å². The number of fused-ring (bicyclic) bond motifs is 5. The van der Waals surface area contributed by atoms with E-state index in [4.69, 9.17) is 0 Å². The summed E-state index contributed by atoms with van der Waals surface area (Å²) in [6.45, 7) is 11.7. The molecule has 4 aliphatic rings. The molecule has 0 radical (unpaired) electrons. The van der Waals surface area contributed by atoms with Gasteiger partial charge in [-0.05, 0) is 123 Å². The predicted molar refractivity (Wildman–Crippen MR) is 125 cm³/mol. The van der Waals surface area contributed by atoms with Gasteiger partial charge >= 0.3 is 0 Å². The molecular weight excluding hydrogens is 368 g/mol. The summed E-state index contributed by atoms with van der Waals surface area (Å²) in [7, 11) is 0. The smallest absolute Gasteiger partial charge is 0.0648 e. The number of hydrogen-bond donors (Lipinski definition) is 2. The van der Waals surface area contributed by atoms with Gasteiger partial charge in [0.05, 0.1) is 11.7 Å². The minimum absolute atomic E-state index is 0.117. The van der Waals surface area contributed by atoms with Crippen LogP contribution in [0.5, 0.6) is 0 Å². The molecule has 4 fully saturated rings. The minimum Gasteiger partial charge on any atom is -0.393 e. The van der Waals surface area contributed by atoms with Gasteiger partial charge in [0, 0.05) is 0 Å². The second-order valence-electron chi connectivity index (χ2n) is 13.0. The lowest BCUT2D eigenvalue weighted by Crippen LogP contribution is -2.55. The van der Waals surface area contributed by atoms with Gasteiger partial charge in [-0.1, -0.05) is 41.0 Å². The monoisotopic (exact) mass is 418 g/mol. The van der Waals surface area contributed by atoms with Crippen LogP contribution in [0.4, 0.5) is 0 Å². The molecule has 2 heteroatoms. The molecule has 0 aromatic heterocycles. The van der Waals surface area contributed by atoms with Crippen molar-refractivity contribution in [2.24, 2.45) is 46.3 Å². The Morgan fingerprint density at radius 1 is 0.900 bits per heavy atom. The third kappa shape index (κ3) is 3.81. The second kappa shape index (κ2) is 8.36. The topological polar surface area (TPSA) is 40.5 Å². The molecule has 2 N–H and O–H groups in total. The van der Waals surface area contributed by atoms with Crippen LogP contribution in [0.25, 0.3) is 0 Å². The third-order valence-electron chi connectivity index (χ3n) is 11.5. The molecule has 30 heavy (non-hydrogen) atoms. The van der Waals surface area contributed by atoms with E-state index >= 15 is 0 Å². The fourth-order valence-electron chi connectivity index (χ4n) is 9.13. The van der Waals surface area contributed by atoms with E-state index in [0.717, 1.165) is 55.3 Å². The average molecular weight is 419 g/mol. The van der Waals surface area contributed by atoms with Crippen LogP contribution in [0.1, 0.15) is 118 Å². The Labute approximate surface area is 186 Å².